The lowest BCUT2D eigenvalue weighted by molar-refractivity contribution is -0.0379. The Morgan fingerprint density at radius 2 is 1.92 bits per heavy atom. The zero-order valence-electron chi connectivity index (χ0n) is 11.4. The highest BCUT2D eigenvalue weighted by atomic mass is 79.9. The van der Waals surface area contributed by atoms with Gasteiger partial charge in [0.1, 0.15) is 17.3 Å². The molecule has 128 valence electrons. The fraction of sp³-hybridized carbons (Fsp3) is 0.143. The first-order valence-electron chi connectivity index (χ1n) is 6.32. The molecule has 2 aromatic carbocycles. The molecule has 0 amide bonds. The van der Waals surface area contributed by atoms with Gasteiger partial charge in [-0.15, -0.1) is 0 Å². The third kappa shape index (κ3) is 2.50. The van der Waals surface area contributed by atoms with Crippen LogP contribution in [0.5, 0.6) is 11.5 Å². The number of halogens is 5. The topological polar surface area (TPSA) is 63.6 Å². The van der Waals surface area contributed by atoms with E-state index in [0.717, 1.165) is 24.3 Å². The second kappa shape index (κ2) is 5.62. The van der Waals surface area contributed by atoms with E-state index in [1.807, 2.05) is 0 Å². The second-order valence-electron chi connectivity index (χ2n) is 4.96. The highest BCUT2D eigenvalue weighted by molar-refractivity contribution is 9.10. The molecule has 0 saturated carbocycles. The Morgan fingerprint density at radius 3 is 2.54 bits per heavy atom. The number of alkyl halides is 2. The van der Waals surface area contributed by atoms with Gasteiger partial charge in [-0.25, -0.2) is 12.8 Å². The summed E-state index contributed by atoms with van der Waals surface area (Å²) in [5.74, 6) is -0.783. The number of hydrogen-bond acceptors (Lipinski definition) is 4. The van der Waals surface area contributed by atoms with Gasteiger partial charge in [0.15, 0.2) is 6.10 Å². The van der Waals surface area contributed by atoms with Crippen molar-refractivity contribution < 1.29 is 31.4 Å². The molecule has 0 fully saturated rings. The van der Waals surface area contributed by atoms with Crippen LogP contribution in [0.3, 0.4) is 0 Å². The lowest BCUT2D eigenvalue weighted by atomic mass is 10.1. The standard InChI is InChI=1S/C14H7BrClF3O4S/c15-12-9(23-8-4-6(16)3-7(17)5-8)1-2-10-11(12)13(20)14(18,19)24(10,21)22/h1-5,13,20H/t13-/m1/s1. The summed E-state index contributed by atoms with van der Waals surface area (Å²) < 4.78 is 69.7. The van der Waals surface area contributed by atoms with Crippen LogP contribution in [0.4, 0.5) is 13.2 Å². The fourth-order valence-electron chi connectivity index (χ4n) is 2.30. The highest BCUT2D eigenvalue weighted by Gasteiger charge is 2.61. The monoisotopic (exact) mass is 442 g/mol. The average Bonchev–Trinajstić information content (AvgIpc) is 2.59. The van der Waals surface area contributed by atoms with Crippen LogP contribution in [-0.4, -0.2) is 18.8 Å². The molecule has 10 heteroatoms. The number of benzene rings is 2. The van der Waals surface area contributed by atoms with Crippen molar-refractivity contribution in [2.75, 3.05) is 0 Å². The maximum Gasteiger partial charge on any atom is 0.379 e. The number of rotatable bonds is 2. The van der Waals surface area contributed by atoms with Crippen molar-refractivity contribution in [3.63, 3.8) is 0 Å². The molecule has 4 nitrogen and oxygen atoms in total. The number of aliphatic hydroxyl groups is 1. The molecule has 1 atom stereocenters. The van der Waals surface area contributed by atoms with Crippen LogP contribution in [0.2, 0.25) is 5.02 Å². The number of ether oxygens (including phenoxy) is 1. The molecule has 0 unspecified atom stereocenters. The molecular formula is C14H7BrClF3O4S. The minimum atomic E-state index is -5.01. The molecule has 1 N–H and O–H groups in total. The van der Waals surface area contributed by atoms with Crippen molar-refractivity contribution in [1.82, 2.24) is 0 Å². The fourth-order valence-corrected chi connectivity index (χ4v) is 4.74. The molecule has 1 heterocycles. The van der Waals surface area contributed by atoms with Crippen LogP contribution in [0, 0.1) is 5.82 Å². The van der Waals surface area contributed by atoms with Gasteiger partial charge in [-0.2, -0.15) is 8.78 Å². The molecule has 3 rings (SSSR count). The summed E-state index contributed by atoms with van der Waals surface area (Å²) in [5, 5.41) is 5.41. The number of fused-ring (bicyclic) bond motifs is 1. The Hall–Kier alpha value is -1.29. The highest BCUT2D eigenvalue weighted by Crippen LogP contribution is 2.53. The number of aliphatic hydroxyl groups excluding tert-OH is 1. The summed E-state index contributed by atoms with van der Waals surface area (Å²) in [6.07, 6.45) is -2.55. The lowest BCUT2D eigenvalue weighted by Gasteiger charge is -2.14. The third-order valence-corrected chi connectivity index (χ3v) is 6.32. The zero-order valence-corrected chi connectivity index (χ0v) is 14.6. The van der Waals surface area contributed by atoms with Crippen molar-refractivity contribution in [3.8, 4) is 11.5 Å². The predicted octanol–water partition coefficient (Wildman–Crippen LogP) is 4.45. The van der Waals surface area contributed by atoms with Gasteiger partial charge in [0.2, 0.25) is 9.84 Å². The number of sulfone groups is 1. The summed E-state index contributed by atoms with van der Waals surface area (Å²) in [6.45, 7) is 0. The summed E-state index contributed by atoms with van der Waals surface area (Å²) in [5.41, 5.74) is -0.514. The van der Waals surface area contributed by atoms with Crippen molar-refractivity contribution in [2.24, 2.45) is 0 Å². The van der Waals surface area contributed by atoms with Gasteiger partial charge in [-0.05, 0) is 40.2 Å². The maximum atomic E-state index is 13.8. The maximum absolute atomic E-state index is 13.8. The Morgan fingerprint density at radius 1 is 1.25 bits per heavy atom. The summed E-state index contributed by atoms with van der Waals surface area (Å²) >= 11 is 8.66. The Kier molecular flexibility index (Phi) is 4.10. The van der Waals surface area contributed by atoms with Crippen LogP contribution >= 0.6 is 27.5 Å². The van der Waals surface area contributed by atoms with E-state index in [2.05, 4.69) is 15.9 Å². The predicted molar refractivity (Wildman–Crippen MR) is 82.7 cm³/mol. The summed E-state index contributed by atoms with van der Waals surface area (Å²) in [6, 6.07) is 5.35. The molecule has 0 radical (unpaired) electrons. The smallest absolute Gasteiger partial charge is 0.379 e. The Labute approximate surface area is 147 Å². The summed E-state index contributed by atoms with van der Waals surface area (Å²) in [7, 11) is -5.01. The van der Waals surface area contributed by atoms with E-state index in [1.165, 1.54) is 6.07 Å². The van der Waals surface area contributed by atoms with E-state index in [9.17, 15) is 26.7 Å². The van der Waals surface area contributed by atoms with Crippen LogP contribution in [0.25, 0.3) is 0 Å². The lowest BCUT2D eigenvalue weighted by Crippen LogP contribution is -2.28. The third-order valence-electron chi connectivity index (χ3n) is 3.41. The van der Waals surface area contributed by atoms with Crippen molar-refractivity contribution in [1.29, 1.82) is 0 Å². The Bertz CT molecular complexity index is 929. The molecule has 1 aliphatic heterocycles. The van der Waals surface area contributed by atoms with Crippen LogP contribution in [-0.2, 0) is 9.84 Å². The molecule has 1 aliphatic rings. The molecule has 0 saturated heterocycles. The Balaban J connectivity index is 2.11. The van der Waals surface area contributed by atoms with Gasteiger partial charge in [0.25, 0.3) is 0 Å². The molecule has 0 aromatic heterocycles. The second-order valence-corrected chi connectivity index (χ2v) is 8.18. The van der Waals surface area contributed by atoms with Crippen molar-refractivity contribution in [3.05, 3.63) is 51.2 Å². The summed E-state index contributed by atoms with van der Waals surface area (Å²) in [4.78, 5) is -0.698. The van der Waals surface area contributed by atoms with E-state index in [0.29, 0.717) is 0 Å². The molecular weight excluding hydrogens is 437 g/mol. The molecule has 0 spiro atoms. The number of hydrogen-bond donors (Lipinski definition) is 1. The van der Waals surface area contributed by atoms with E-state index in [1.54, 1.807) is 0 Å². The largest absolute Gasteiger partial charge is 0.456 e. The van der Waals surface area contributed by atoms with Crippen LogP contribution in [0.15, 0.2) is 39.7 Å². The van der Waals surface area contributed by atoms with Gasteiger partial charge < -0.3 is 9.84 Å². The van der Waals surface area contributed by atoms with Crippen LogP contribution in [0.1, 0.15) is 11.7 Å². The normalized spacial score (nSPS) is 20.7. The van der Waals surface area contributed by atoms with Gasteiger partial charge in [-0.3, -0.25) is 0 Å². The van der Waals surface area contributed by atoms with Crippen molar-refractivity contribution in [2.45, 2.75) is 16.3 Å². The molecule has 0 aliphatic carbocycles. The van der Waals surface area contributed by atoms with E-state index >= 15 is 0 Å². The molecule has 2 aromatic rings. The van der Waals surface area contributed by atoms with Crippen LogP contribution < -0.4 is 4.74 Å². The first-order chi connectivity index (χ1) is 11.1. The average molecular weight is 444 g/mol. The van der Waals surface area contributed by atoms with Gasteiger partial charge in [-0.1, -0.05) is 11.6 Å². The first kappa shape index (κ1) is 17.5. The van der Waals surface area contributed by atoms with E-state index in [-0.39, 0.29) is 21.0 Å². The molecule has 0 bridgehead atoms. The SMILES string of the molecule is O=S1(=O)c2ccc(Oc3cc(F)cc(Cl)c3)c(Br)c2[C@@H](O)C1(F)F. The van der Waals surface area contributed by atoms with Gasteiger partial charge in [0, 0.05) is 16.7 Å². The zero-order chi connectivity index (χ0) is 17.9. The van der Waals surface area contributed by atoms with E-state index in [4.69, 9.17) is 16.3 Å². The molecule has 24 heavy (non-hydrogen) atoms. The quantitative estimate of drug-likeness (QED) is 0.745. The van der Waals surface area contributed by atoms with Gasteiger partial charge >= 0.3 is 5.25 Å². The first-order valence-corrected chi connectivity index (χ1v) is 8.98. The minimum absolute atomic E-state index is 0.0252. The minimum Gasteiger partial charge on any atom is -0.456 e. The van der Waals surface area contributed by atoms with E-state index < -0.39 is 37.5 Å². The van der Waals surface area contributed by atoms with Gasteiger partial charge in [0.05, 0.1) is 9.37 Å². The van der Waals surface area contributed by atoms with Crippen molar-refractivity contribution >= 4 is 37.4 Å².